The smallest absolute Gasteiger partial charge is 0.241 e. The third-order valence-electron chi connectivity index (χ3n) is 5.24. The van der Waals surface area contributed by atoms with Gasteiger partial charge in [-0.3, -0.25) is 4.90 Å². The molecular weight excluding hydrogens is 334 g/mol. The lowest BCUT2D eigenvalue weighted by Gasteiger charge is -2.44. The molecule has 0 aromatic heterocycles. The molecule has 1 aliphatic heterocycles. The second kappa shape index (κ2) is 7.74. The van der Waals surface area contributed by atoms with Crippen molar-refractivity contribution in [3.63, 3.8) is 0 Å². The Balaban J connectivity index is 2.09. The highest BCUT2D eigenvalue weighted by Crippen LogP contribution is 2.23. The Morgan fingerprint density at radius 3 is 2.04 bits per heavy atom. The third-order valence-corrected chi connectivity index (χ3v) is 6.95. The Morgan fingerprint density at radius 1 is 1.04 bits per heavy atom. The molecule has 1 fully saturated rings. The third kappa shape index (κ3) is 4.82. The van der Waals surface area contributed by atoms with Gasteiger partial charge >= 0.3 is 0 Å². The van der Waals surface area contributed by atoms with Crippen molar-refractivity contribution in [3.05, 3.63) is 28.8 Å². The van der Waals surface area contributed by atoms with E-state index in [1.165, 1.54) is 0 Å². The van der Waals surface area contributed by atoms with E-state index in [9.17, 15) is 8.42 Å². The fourth-order valence-electron chi connectivity index (χ4n) is 3.72. The van der Waals surface area contributed by atoms with Crippen LogP contribution in [0.15, 0.2) is 17.0 Å². The van der Waals surface area contributed by atoms with Crippen LogP contribution in [0.4, 0.5) is 0 Å². The summed E-state index contributed by atoms with van der Waals surface area (Å²) in [5.74, 6) is 0. The first-order valence-electron chi connectivity index (χ1n) is 9.12. The summed E-state index contributed by atoms with van der Waals surface area (Å²) in [6, 6.07) is 3.85. The second-order valence-electron chi connectivity index (χ2n) is 7.79. The minimum atomic E-state index is -3.51. The highest BCUT2D eigenvalue weighted by molar-refractivity contribution is 7.89. The van der Waals surface area contributed by atoms with Crippen molar-refractivity contribution in [1.82, 2.24) is 14.5 Å². The normalized spacial score (nSPS) is 17.8. The number of nitrogens with zero attached hydrogens (tertiary/aromatic N) is 2. The summed E-state index contributed by atoms with van der Waals surface area (Å²) in [7, 11) is -3.51. The predicted octanol–water partition coefficient (Wildman–Crippen LogP) is 2.31. The zero-order valence-electron chi connectivity index (χ0n) is 16.5. The van der Waals surface area contributed by atoms with Gasteiger partial charge in [0.25, 0.3) is 0 Å². The molecule has 25 heavy (non-hydrogen) atoms. The van der Waals surface area contributed by atoms with Crippen LogP contribution in [0, 0.1) is 20.8 Å². The van der Waals surface area contributed by atoms with Gasteiger partial charge in [0, 0.05) is 38.3 Å². The number of nitrogens with one attached hydrogen (secondary N) is 1. The van der Waals surface area contributed by atoms with Gasteiger partial charge in [-0.15, -0.1) is 0 Å². The molecule has 0 amide bonds. The number of likely N-dealkylation sites (N-methyl/N-ethyl adjacent to an activating group) is 1. The predicted molar refractivity (Wildman–Crippen MR) is 104 cm³/mol. The van der Waals surface area contributed by atoms with Crippen molar-refractivity contribution >= 4 is 10.0 Å². The van der Waals surface area contributed by atoms with Crippen molar-refractivity contribution < 1.29 is 8.42 Å². The largest absolute Gasteiger partial charge is 0.301 e. The SMILES string of the molecule is CCN1CCN(C(C)(C)CNS(=O)(=O)c2c(C)cc(C)cc2C)CC1. The van der Waals surface area contributed by atoms with Gasteiger partial charge in [0.05, 0.1) is 4.90 Å². The van der Waals surface area contributed by atoms with Crippen LogP contribution in [0.5, 0.6) is 0 Å². The number of aryl methyl sites for hydroxylation is 3. The molecule has 0 radical (unpaired) electrons. The Hall–Kier alpha value is -0.950. The molecule has 1 aliphatic rings. The van der Waals surface area contributed by atoms with Crippen LogP contribution in [0.1, 0.15) is 37.5 Å². The van der Waals surface area contributed by atoms with Crippen molar-refractivity contribution in [1.29, 1.82) is 0 Å². The molecule has 1 aromatic carbocycles. The molecule has 0 atom stereocenters. The van der Waals surface area contributed by atoms with E-state index in [2.05, 4.69) is 35.3 Å². The Morgan fingerprint density at radius 2 is 1.56 bits per heavy atom. The molecule has 5 nitrogen and oxygen atoms in total. The lowest BCUT2D eigenvalue weighted by molar-refractivity contribution is 0.0571. The maximum Gasteiger partial charge on any atom is 0.241 e. The van der Waals surface area contributed by atoms with E-state index in [0.717, 1.165) is 49.4 Å². The van der Waals surface area contributed by atoms with Gasteiger partial charge in [-0.05, 0) is 52.3 Å². The number of rotatable bonds is 6. The molecule has 1 aromatic rings. The summed E-state index contributed by atoms with van der Waals surface area (Å²) >= 11 is 0. The molecule has 2 rings (SSSR count). The van der Waals surface area contributed by atoms with Crippen molar-refractivity contribution in [3.8, 4) is 0 Å². The summed E-state index contributed by atoms with van der Waals surface area (Å²) < 4.78 is 28.6. The average molecular weight is 368 g/mol. The maximum atomic E-state index is 12.9. The fraction of sp³-hybridized carbons (Fsp3) is 0.684. The monoisotopic (exact) mass is 367 g/mol. The lowest BCUT2D eigenvalue weighted by atomic mass is 10.0. The van der Waals surface area contributed by atoms with Crippen LogP contribution in [-0.2, 0) is 10.0 Å². The number of hydrogen-bond acceptors (Lipinski definition) is 4. The van der Waals surface area contributed by atoms with E-state index >= 15 is 0 Å². The van der Waals surface area contributed by atoms with Crippen molar-refractivity contribution in [2.24, 2.45) is 0 Å². The first-order chi connectivity index (χ1) is 11.6. The quantitative estimate of drug-likeness (QED) is 0.838. The van der Waals surface area contributed by atoms with Gasteiger partial charge in [-0.1, -0.05) is 24.6 Å². The van der Waals surface area contributed by atoms with Crippen LogP contribution in [0.3, 0.4) is 0 Å². The first kappa shape index (κ1) is 20.4. The zero-order chi connectivity index (χ0) is 18.8. The Kier molecular flexibility index (Phi) is 6.30. The van der Waals surface area contributed by atoms with E-state index in [1.54, 1.807) is 0 Å². The summed E-state index contributed by atoms with van der Waals surface area (Å²) in [6.07, 6.45) is 0. The highest BCUT2D eigenvalue weighted by atomic mass is 32.2. The number of hydrogen-bond donors (Lipinski definition) is 1. The molecule has 6 heteroatoms. The van der Waals surface area contributed by atoms with Crippen LogP contribution in [-0.4, -0.2) is 63.0 Å². The fourth-order valence-corrected chi connectivity index (χ4v) is 5.37. The first-order valence-corrected chi connectivity index (χ1v) is 10.6. The van der Waals surface area contributed by atoms with E-state index in [4.69, 9.17) is 0 Å². The topological polar surface area (TPSA) is 52.6 Å². The number of piperazine rings is 1. The van der Waals surface area contributed by atoms with E-state index in [0.29, 0.717) is 11.4 Å². The van der Waals surface area contributed by atoms with Gasteiger partial charge in [0.2, 0.25) is 10.0 Å². The van der Waals surface area contributed by atoms with Crippen LogP contribution >= 0.6 is 0 Å². The highest BCUT2D eigenvalue weighted by Gasteiger charge is 2.31. The van der Waals surface area contributed by atoms with Crippen molar-refractivity contribution in [2.75, 3.05) is 39.3 Å². The van der Waals surface area contributed by atoms with E-state index in [1.807, 2.05) is 32.9 Å². The standard InChI is InChI=1S/C19H33N3O2S/c1-7-21-8-10-22(11-9-21)19(5,6)14-20-25(23,24)18-16(3)12-15(2)13-17(18)4/h12-13,20H,7-11,14H2,1-6H3. The summed E-state index contributed by atoms with van der Waals surface area (Å²) in [5, 5.41) is 0. The molecule has 1 heterocycles. The van der Waals surface area contributed by atoms with Crippen LogP contribution in [0.25, 0.3) is 0 Å². The summed E-state index contributed by atoms with van der Waals surface area (Å²) in [6.45, 7) is 17.7. The van der Waals surface area contributed by atoms with Crippen LogP contribution in [0.2, 0.25) is 0 Å². The zero-order valence-corrected chi connectivity index (χ0v) is 17.3. The van der Waals surface area contributed by atoms with Crippen LogP contribution < -0.4 is 4.72 Å². The number of sulfonamides is 1. The molecule has 0 aliphatic carbocycles. The lowest BCUT2D eigenvalue weighted by Crippen LogP contribution is -2.58. The molecule has 0 bridgehead atoms. The molecular formula is C19H33N3O2S. The van der Waals surface area contributed by atoms with Gasteiger partial charge < -0.3 is 4.90 Å². The Bertz CT molecular complexity index is 682. The van der Waals surface area contributed by atoms with Gasteiger partial charge in [0.15, 0.2) is 0 Å². The summed E-state index contributed by atoms with van der Waals surface area (Å²) in [5.41, 5.74) is 2.49. The molecule has 1 saturated heterocycles. The number of benzene rings is 1. The van der Waals surface area contributed by atoms with Crippen molar-refractivity contribution in [2.45, 2.75) is 52.0 Å². The molecule has 0 saturated carbocycles. The van der Waals surface area contributed by atoms with Gasteiger partial charge in [-0.2, -0.15) is 0 Å². The average Bonchev–Trinajstić information content (AvgIpc) is 2.52. The molecule has 142 valence electrons. The van der Waals surface area contributed by atoms with Gasteiger partial charge in [-0.25, -0.2) is 13.1 Å². The molecule has 1 N–H and O–H groups in total. The minimum absolute atomic E-state index is 0.209. The maximum absolute atomic E-state index is 12.9. The Labute approximate surface area is 153 Å². The summed E-state index contributed by atoms with van der Waals surface area (Å²) in [4.78, 5) is 5.23. The molecule has 0 unspecified atom stereocenters. The van der Waals surface area contributed by atoms with E-state index < -0.39 is 10.0 Å². The molecule has 0 spiro atoms. The van der Waals surface area contributed by atoms with E-state index in [-0.39, 0.29) is 5.54 Å². The van der Waals surface area contributed by atoms with Gasteiger partial charge in [0.1, 0.15) is 0 Å². The second-order valence-corrected chi connectivity index (χ2v) is 9.49. The minimum Gasteiger partial charge on any atom is -0.301 e.